The monoisotopic (exact) mass is 631 g/mol. The smallest absolute Gasteiger partial charge is 0.329 e. The van der Waals surface area contributed by atoms with Gasteiger partial charge in [-0.05, 0) is 73.5 Å². The van der Waals surface area contributed by atoms with Crippen LogP contribution < -0.4 is 21.7 Å². The lowest BCUT2D eigenvalue weighted by Crippen LogP contribution is -2.62. The van der Waals surface area contributed by atoms with Crippen molar-refractivity contribution in [2.75, 3.05) is 6.54 Å². The number of amides is 5. The maximum atomic E-state index is 14.2. The summed E-state index contributed by atoms with van der Waals surface area (Å²) in [5.74, 6) is -3.22. The van der Waals surface area contributed by atoms with Gasteiger partial charge in [0.1, 0.15) is 23.7 Å². The number of carbonyl (C=O) groups is 6. The Balaban J connectivity index is 1.50. The van der Waals surface area contributed by atoms with Crippen LogP contribution in [0.25, 0.3) is 0 Å². The molecule has 3 saturated carbocycles. The fourth-order valence-corrected chi connectivity index (χ4v) is 6.97. The number of hydrogen-bond donors (Lipinski definition) is 4. The molecule has 3 aliphatic carbocycles. The van der Waals surface area contributed by atoms with E-state index in [2.05, 4.69) is 16.0 Å². The number of carbonyl (C=O) groups excluding carboxylic acids is 6. The molecule has 1 heterocycles. The van der Waals surface area contributed by atoms with Gasteiger partial charge in [0, 0.05) is 6.54 Å². The maximum Gasteiger partial charge on any atom is 0.329 e. The second-order valence-corrected chi connectivity index (χ2v) is 16.3. The Morgan fingerprint density at radius 3 is 2.02 bits per heavy atom. The van der Waals surface area contributed by atoms with Gasteiger partial charge in [0.2, 0.25) is 17.6 Å². The highest BCUT2D eigenvalue weighted by Crippen LogP contribution is 2.65. The van der Waals surface area contributed by atoms with Crippen molar-refractivity contribution in [1.29, 1.82) is 0 Å². The van der Waals surface area contributed by atoms with E-state index in [-0.39, 0.29) is 29.1 Å². The first-order valence-electron chi connectivity index (χ1n) is 16.4. The number of likely N-dealkylation sites (tertiary alicyclic amines) is 1. The van der Waals surface area contributed by atoms with Crippen LogP contribution in [0.4, 0.5) is 4.79 Å². The molecule has 4 fully saturated rings. The zero-order valence-electron chi connectivity index (χ0n) is 28.3. The third kappa shape index (κ3) is 7.62. The van der Waals surface area contributed by atoms with Gasteiger partial charge < -0.3 is 31.3 Å². The fraction of sp³-hybridized carbons (Fsp3) is 0.818. The van der Waals surface area contributed by atoms with Gasteiger partial charge in [0.25, 0.3) is 5.91 Å². The van der Waals surface area contributed by atoms with E-state index in [1.807, 2.05) is 62.3 Å². The molecule has 1 aliphatic heterocycles. The molecule has 0 bridgehead atoms. The molecule has 0 radical (unpaired) electrons. The van der Waals surface area contributed by atoms with Crippen molar-refractivity contribution >= 4 is 35.5 Å². The van der Waals surface area contributed by atoms with Crippen molar-refractivity contribution in [3.63, 3.8) is 0 Å². The molecule has 5 N–H and O–H groups in total. The minimum Gasteiger partial charge on any atom is -0.458 e. The van der Waals surface area contributed by atoms with E-state index in [0.717, 1.165) is 25.7 Å². The molecular weight excluding hydrogens is 578 g/mol. The molecule has 6 atom stereocenters. The summed E-state index contributed by atoms with van der Waals surface area (Å²) in [6.07, 6.45) is 4.15. The molecule has 4 aliphatic rings. The topological polar surface area (TPSA) is 177 Å². The lowest BCUT2D eigenvalue weighted by Gasteiger charge is -2.38. The van der Waals surface area contributed by atoms with Crippen LogP contribution in [0.1, 0.15) is 94.4 Å². The van der Waals surface area contributed by atoms with Crippen LogP contribution in [-0.4, -0.2) is 76.7 Å². The van der Waals surface area contributed by atoms with Crippen LogP contribution in [-0.2, 0) is 28.7 Å². The SMILES string of the molecule is CC(C)[C@H](NC(=O)N[C@H](C(=O)N1C[C@H]2[C@@H]([C@H]1C(=O)NC(CC1CC1)C(=O)C(N)=O)C2(C)C)C(C)(C)C)C(=O)OC(C)(C)C1CC1. The first-order chi connectivity index (χ1) is 20.7. The Labute approximate surface area is 266 Å². The number of ether oxygens (including phenoxy) is 1. The summed E-state index contributed by atoms with van der Waals surface area (Å²) in [5, 5.41) is 8.28. The summed E-state index contributed by atoms with van der Waals surface area (Å²) in [6.45, 7) is 17.2. The predicted molar refractivity (Wildman–Crippen MR) is 166 cm³/mol. The molecule has 12 nitrogen and oxygen atoms in total. The van der Waals surface area contributed by atoms with Gasteiger partial charge in [0.05, 0.1) is 6.04 Å². The molecule has 252 valence electrons. The van der Waals surface area contributed by atoms with Crippen LogP contribution in [0, 0.1) is 40.4 Å². The normalized spacial score (nSPS) is 25.8. The van der Waals surface area contributed by atoms with E-state index >= 15 is 0 Å². The van der Waals surface area contributed by atoms with Gasteiger partial charge in [-0.25, -0.2) is 9.59 Å². The van der Waals surface area contributed by atoms with Crippen LogP contribution in [0.2, 0.25) is 0 Å². The number of nitrogens with zero attached hydrogens (tertiary/aromatic N) is 1. The second kappa shape index (κ2) is 12.2. The summed E-state index contributed by atoms with van der Waals surface area (Å²) in [4.78, 5) is 80.4. The van der Waals surface area contributed by atoms with Gasteiger partial charge in [-0.15, -0.1) is 0 Å². The minimum absolute atomic E-state index is 0.0651. The Hall–Kier alpha value is -3.18. The molecule has 1 saturated heterocycles. The molecule has 1 unspecified atom stereocenters. The van der Waals surface area contributed by atoms with Crippen molar-refractivity contribution in [2.24, 2.45) is 46.2 Å². The van der Waals surface area contributed by atoms with Crippen LogP contribution in [0.5, 0.6) is 0 Å². The van der Waals surface area contributed by atoms with Gasteiger partial charge in [-0.3, -0.25) is 19.2 Å². The molecular formula is C33H53N5O7. The van der Waals surface area contributed by atoms with Gasteiger partial charge in [-0.2, -0.15) is 0 Å². The Morgan fingerprint density at radius 2 is 1.53 bits per heavy atom. The zero-order valence-corrected chi connectivity index (χ0v) is 28.3. The predicted octanol–water partition coefficient (Wildman–Crippen LogP) is 2.28. The summed E-state index contributed by atoms with van der Waals surface area (Å²) in [5.41, 5.74) is 3.71. The van der Waals surface area contributed by atoms with E-state index in [1.54, 1.807) is 0 Å². The van der Waals surface area contributed by atoms with Gasteiger partial charge in [0.15, 0.2) is 0 Å². The first-order valence-corrected chi connectivity index (χ1v) is 16.4. The highest BCUT2D eigenvalue weighted by atomic mass is 16.6. The number of esters is 1. The number of rotatable bonds is 13. The highest BCUT2D eigenvalue weighted by molar-refractivity contribution is 6.37. The summed E-state index contributed by atoms with van der Waals surface area (Å²) in [6, 6.07) is -4.57. The molecule has 45 heavy (non-hydrogen) atoms. The minimum atomic E-state index is -1.10. The lowest BCUT2D eigenvalue weighted by molar-refractivity contribution is -0.162. The van der Waals surface area contributed by atoms with Crippen LogP contribution >= 0.6 is 0 Å². The zero-order chi connectivity index (χ0) is 33.8. The molecule has 0 aromatic heterocycles. The van der Waals surface area contributed by atoms with E-state index in [4.69, 9.17) is 10.5 Å². The van der Waals surface area contributed by atoms with Crippen LogP contribution in [0.15, 0.2) is 0 Å². The standard InChI is InChI=1S/C33H53N5O7/c1-16(2)22(29(43)45-33(8,9)18-12-13-18)36-30(44)37-25(31(3,4)5)28(42)38-15-19-21(32(19,6)7)23(38)27(41)35-20(14-17-10-11-17)24(39)26(34)40/h16-23,25H,10-15H2,1-9H3,(H2,34,40)(H,35,41)(H2,36,37,44)/t19-,20?,21-,22-,23-,25+/m0/s1. The van der Waals surface area contributed by atoms with Crippen molar-refractivity contribution in [2.45, 2.75) is 124 Å². The fourth-order valence-electron chi connectivity index (χ4n) is 6.97. The number of ketones is 1. The average Bonchev–Trinajstić information content (AvgIpc) is 3.85. The second-order valence-electron chi connectivity index (χ2n) is 16.3. The molecule has 4 rings (SSSR count). The van der Waals surface area contributed by atoms with Crippen molar-refractivity contribution in [3.05, 3.63) is 0 Å². The molecule has 0 aromatic rings. The Morgan fingerprint density at radius 1 is 0.933 bits per heavy atom. The average molecular weight is 632 g/mol. The third-order valence-electron chi connectivity index (χ3n) is 10.4. The number of fused-ring (bicyclic) bond motifs is 1. The summed E-state index contributed by atoms with van der Waals surface area (Å²) >= 11 is 0. The lowest BCUT2D eigenvalue weighted by atomic mass is 9.85. The molecule has 5 amide bonds. The van der Waals surface area contributed by atoms with Crippen LogP contribution in [0.3, 0.4) is 0 Å². The van der Waals surface area contributed by atoms with E-state index < -0.39 is 70.7 Å². The van der Waals surface area contributed by atoms with Gasteiger partial charge in [-0.1, -0.05) is 61.3 Å². The van der Waals surface area contributed by atoms with E-state index in [9.17, 15) is 28.8 Å². The molecule has 0 aromatic carbocycles. The quantitative estimate of drug-likeness (QED) is 0.178. The van der Waals surface area contributed by atoms with E-state index in [1.165, 1.54) is 4.90 Å². The number of piperidine rings is 1. The third-order valence-corrected chi connectivity index (χ3v) is 10.4. The number of urea groups is 1. The van der Waals surface area contributed by atoms with Crippen molar-refractivity contribution in [1.82, 2.24) is 20.9 Å². The van der Waals surface area contributed by atoms with Crippen molar-refractivity contribution < 1.29 is 33.5 Å². The van der Waals surface area contributed by atoms with E-state index in [0.29, 0.717) is 18.9 Å². The maximum absolute atomic E-state index is 14.2. The molecule has 0 spiro atoms. The van der Waals surface area contributed by atoms with Crippen molar-refractivity contribution in [3.8, 4) is 0 Å². The molecule has 12 heteroatoms. The number of hydrogen-bond acceptors (Lipinski definition) is 7. The Bertz CT molecular complexity index is 1230. The largest absolute Gasteiger partial charge is 0.458 e. The first kappa shape index (κ1) is 34.7. The number of nitrogens with one attached hydrogen (secondary N) is 3. The van der Waals surface area contributed by atoms with Gasteiger partial charge >= 0.3 is 12.0 Å². The summed E-state index contributed by atoms with van der Waals surface area (Å²) < 4.78 is 5.80. The number of nitrogens with two attached hydrogens (primary N) is 1. The highest BCUT2D eigenvalue weighted by Gasteiger charge is 2.70. The number of Topliss-reactive ketones (excluding diaryl/α,β-unsaturated/α-hetero) is 1. The summed E-state index contributed by atoms with van der Waals surface area (Å²) in [7, 11) is 0. The Kier molecular flexibility index (Phi) is 9.41. The number of primary amides is 1.